The molecule has 3 nitrogen and oxygen atoms in total. The highest BCUT2D eigenvalue weighted by molar-refractivity contribution is 6.39. The lowest BCUT2D eigenvalue weighted by Gasteiger charge is -2.11. The summed E-state index contributed by atoms with van der Waals surface area (Å²) in [7, 11) is 0. The van der Waals surface area contributed by atoms with Crippen LogP contribution in [0.4, 0.5) is 0 Å². The van der Waals surface area contributed by atoms with Crippen LogP contribution in [0.2, 0.25) is 10.0 Å². The standard InChI is InChI=1S/C29H27Cl2NO2/c1-5-19-10-11-22(16-20(19)6-2)21-12-14-23(15-13-21)33-17-24-28(32-34-29(24)18(3)4)27-25(30)8-7-9-26(27)31/h5-16,18H,17H2,1-4H3/b19-5-,20-6-. The quantitative estimate of drug-likeness (QED) is 0.278. The van der Waals surface area contributed by atoms with Gasteiger partial charge in [0.1, 0.15) is 23.8 Å². The van der Waals surface area contributed by atoms with Gasteiger partial charge in [0.05, 0.1) is 15.6 Å². The second-order valence-electron chi connectivity index (χ2n) is 8.36. The second-order valence-corrected chi connectivity index (χ2v) is 9.17. The number of nitrogens with zero attached hydrogens (tertiary/aromatic N) is 1. The van der Waals surface area contributed by atoms with E-state index >= 15 is 0 Å². The smallest absolute Gasteiger partial charge is 0.146 e. The number of benzene rings is 3. The Kier molecular flexibility index (Phi) is 7.45. The molecule has 34 heavy (non-hydrogen) atoms. The zero-order valence-corrected chi connectivity index (χ0v) is 21.2. The minimum Gasteiger partial charge on any atom is -0.489 e. The normalized spacial score (nSPS) is 12.6. The summed E-state index contributed by atoms with van der Waals surface area (Å²) in [5.74, 6) is 1.66. The summed E-state index contributed by atoms with van der Waals surface area (Å²) in [4.78, 5) is 0. The molecule has 1 aromatic heterocycles. The SMILES string of the molecule is C/C=c1/ccc(-c2ccc(OCc3c(-c4c(Cl)cccc4Cl)noc3C(C)C)cc2)c/c1=C/C. The first kappa shape index (κ1) is 24.1. The molecule has 5 heteroatoms. The number of aromatic nitrogens is 1. The zero-order chi connectivity index (χ0) is 24.2. The first-order valence-electron chi connectivity index (χ1n) is 11.3. The maximum atomic E-state index is 6.45. The zero-order valence-electron chi connectivity index (χ0n) is 19.7. The molecule has 0 radical (unpaired) electrons. The molecule has 0 aliphatic rings. The molecular weight excluding hydrogens is 465 g/mol. The molecule has 0 atom stereocenters. The summed E-state index contributed by atoms with van der Waals surface area (Å²) >= 11 is 12.9. The van der Waals surface area contributed by atoms with E-state index < -0.39 is 0 Å². The fraction of sp³-hybridized carbons (Fsp3) is 0.207. The van der Waals surface area contributed by atoms with Crippen LogP contribution in [0.15, 0.2) is 65.2 Å². The minimum atomic E-state index is 0.136. The predicted octanol–water partition coefficient (Wildman–Crippen LogP) is 7.62. The van der Waals surface area contributed by atoms with Crippen LogP contribution in [0.1, 0.15) is 44.9 Å². The molecule has 1 heterocycles. The van der Waals surface area contributed by atoms with Crippen molar-refractivity contribution < 1.29 is 9.26 Å². The van der Waals surface area contributed by atoms with Crippen LogP contribution in [-0.2, 0) is 6.61 Å². The maximum absolute atomic E-state index is 6.45. The molecule has 0 N–H and O–H groups in total. The lowest BCUT2D eigenvalue weighted by atomic mass is 10.0. The molecule has 0 spiro atoms. The molecule has 0 aliphatic carbocycles. The molecule has 174 valence electrons. The van der Waals surface area contributed by atoms with Crippen LogP contribution >= 0.6 is 23.2 Å². The van der Waals surface area contributed by atoms with Gasteiger partial charge in [-0.05, 0) is 65.7 Å². The van der Waals surface area contributed by atoms with Gasteiger partial charge in [-0.1, -0.05) is 84.7 Å². The van der Waals surface area contributed by atoms with Gasteiger partial charge in [0, 0.05) is 11.5 Å². The molecular formula is C29H27Cl2NO2. The van der Waals surface area contributed by atoms with Gasteiger partial charge in [0.25, 0.3) is 0 Å². The van der Waals surface area contributed by atoms with E-state index in [1.807, 2.05) is 18.2 Å². The number of hydrogen-bond donors (Lipinski definition) is 0. The fourth-order valence-corrected chi connectivity index (χ4v) is 4.58. The number of hydrogen-bond acceptors (Lipinski definition) is 3. The Morgan fingerprint density at radius 3 is 2.15 bits per heavy atom. The first-order valence-corrected chi connectivity index (χ1v) is 12.1. The van der Waals surface area contributed by atoms with Gasteiger partial charge >= 0.3 is 0 Å². The molecule has 0 bridgehead atoms. The van der Waals surface area contributed by atoms with Gasteiger partial charge in [-0.2, -0.15) is 0 Å². The Morgan fingerprint density at radius 1 is 0.882 bits per heavy atom. The number of halogens is 2. The molecule has 0 fully saturated rings. The Morgan fingerprint density at radius 2 is 1.53 bits per heavy atom. The van der Waals surface area contributed by atoms with E-state index in [0.29, 0.717) is 27.9 Å². The van der Waals surface area contributed by atoms with E-state index in [1.165, 1.54) is 16.0 Å². The number of ether oxygens (including phenoxy) is 1. The van der Waals surface area contributed by atoms with Crippen LogP contribution in [0, 0.1) is 0 Å². The van der Waals surface area contributed by atoms with Crippen molar-refractivity contribution in [3.8, 4) is 28.1 Å². The Bertz CT molecular complexity index is 1400. The topological polar surface area (TPSA) is 35.3 Å². The van der Waals surface area contributed by atoms with Crippen molar-refractivity contribution in [1.29, 1.82) is 0 Å². The maximum Gasteiger partial charge on any atom is 0.146 e. The molecule has 0 saturated heterocycles. The van der Waals surface area contributed by atoms with Gasteiger partial charge in [-0.15, -0.1) is 0 Å². The summed E-state index contributed by atoms with van der Waals surface area (Å²) in [5.41, 5.74) is 4.43. The van der Waals surface area contributed by atoms with Crippen LogP contribution in [0.25, 0.3) is 34.5 Å². The third-order valence-electron chi connectivity index (χ3n) is 5.82. The molecule has 0 saturated carbocycles. The van der Waals surface area contributed by atoms with Crippen molar-refractivity contribution >= 4 is 35.4 Å². The van der Waals surface area contributed by atoms with Crippen molar-refractivity contribution in [2.45, 2.75) is 40.2 Å². The monoisotopic (exact) mass is 491 g/mol. The van der Waals surface area contributed by atoms with Crippen molar-refractivity contribution in [3.63, 3.8) is 0 Å². The van der Waals surface area contributed by atoms with Crippen molar-refractivity contribution in [3.05, 3.63) is 92.5 Å². The highest BCUT2D eigenvalue weighted by Crippen LogP contribution is 2.38. The molecule has 4 aromatic rings. The van der Waals surface area contributed by atoms with E-state index in [-0.39, 0.29) is 5.92 Å². The molecule has 0 aliphatic heterocycles. The summed E-state index contributed by atoms with van der Waals surface area (Å²) in [6.07, 6.45) is 4.25. The molecule has 0 unspecified atom stereocenters. The van der Waals surface area contributed by atoms with Crippen LogP contribution in [0.5, 0.6) is 5.75 Å². The Hall–Kier alpha value is -3.01. The highest BCUT2D eigenvalue weighted by atomic mass is 35.5. The van der Waals surface area contributed by atoms with Gasteiger partial charge in [-0.25, -0.2) is 0 Å². The van der Waals surface area contributed by atoms with Crippen LogP contribution < -0.4 is 15.2 Å². The largest absolute Gasteiger partial charge is 0.489 e. The Balaban J connectivity index is 1.61. The van der Waals surface area contributed by atoms with Crippen molar-refractivity contribution in [2.24, 2.45) is 0 Å². The van der Waals surface area contributed by atoms with Crippen molar-refractivity contribution in [2.75, 3.05) is 0 Å². The van der Waals surface area contributed by atoms with Crippen LogP contribution in [-0.4, -0.2) is 5.16 Å². The molecule has 3 aromatic carbocycles. The Labute approximate surface area is 210 Å². The molecule has 0 amide bonds. The van der Waals surface area contributed by atoms with E-state index in [1.54, 1.807) is 12.1 Å². The summed E-state index contributed by atoms with van der Waals surface area (Å²) in [5, 5.41) is 7.80. The fourth-order valence-electron chi connectivity index (χ4n) is 4.00. The number of rotatable bonds is 6. The average Bonchev–Trinajstić information content (AvgIpc) is 3.26. The van der Waals surface area contributed by atoms with E-state index in [4.69, 9.17) is 32.5 Å². The van der Waals surface area contributed by atoms with Gasteiger partial charge in [-0.3, -0.25) is 0 Å². The summed E-state index contributed by atoms with van der Waals surface area (Å²) < 4.78 is 11.8. The lowest BCUT2D eigenvalue weighted by molar-refractivity contribution is 0.298. The minimum absolute atomic E-state index is 0.136. The third kappa shape index (κ3) is 4.91. The van der Waals surface area contributed by atoms with Crippen LogP contribution in [0.3, 0.4) is 0 Å². The predicted molar refractivity (Wildman–Crippen MR) is 142 cm³/mol. The van der Waals surface area contributed by atoms with Gasteiger partial charge in [0.15, 0.2) is 0 Å². The highest BCUT2D eigenvalue weighted by Gasteiger charge is 2.23. The third-order valence-corrected chi connectivity index (χ3v) is 6.45. The van der Waals surface area contributed by atoms with E-state index in [2.05, 4.69) is 75.3 Å². The van der Waals surface area contributed by atoms with Crippen molar-refractivity contribution in [1.82, 2.24) is 5.16 Å². The van der Waals surface area contributed by atoms with Gasteiger partial charge < -0.3 is 9.26 Å². The summed E-state index contributed by atoms with van der Waals surface area (Å²) in [6.45, 7) is 8.52. The molecule has 4 rings (SSSR count). The van der Waals surface area contributed by atoms with Gasteiger partial charge in [0.2, 0.25) is 0 Å². The van der Waals surface area contributed by atoms with E-state index in [9.17, 15) is 0 Å². The summed E-state index contributed by atoms with van der Waals surface area (Å²) in [6, 6.07) is 20.0. The first-order chi connectivity index (χ1) is 16.4. The lowest BCUT2D eigenvalue weighted by Crippen LogP contribution is -2.23. The second kappa shape index (κ2) is 10.5. The van der Waals surface area contributed by atoms with E-state index in [0.717, 1.165) is 22.6 Å². The average molecular weight is 492 g/mol.